The van der Waals surface area contributed by atoms with Crippen molar-refractivity contribution < 1.29 is 31.5 Å². The second-order valence-electron chi connectivity index (χ2n) is 4.86. The summed E-state index contributed by atoms with van der Waals surface area (Å²) in [5.41, 5.74) is -0.225. The Morgan fingerprint density at radius 1 is 1.48 bits per heavy atom. The zero-order valence-corrected chi connectivity index (χ0v) is 13.6. The van der Waals surface area contributed by atoms with Crippen LogP contribution in [0.15, 0.2) is 24.3 Å². The van der Waals surface area contributed by atoms with E-state index in [1.165, 1.54) is 23.9 Å². The number of halogens is 3. The number of rotatable bonds is 4. The summed E-state index contributed by atoms with van der Waals surface area (Å²) in [4.78, 5) is 11.2. The molecule has 0 aromatic heterocycles. The molecule has 0 saturated carbocycles. The van der Waals surface area contributed by atoms with Gasteiger partial charge in [0.25, 0.3) is 11.3 Å². The van der Waals surface area contributed by atoms with Crippen molar-refractivity contribution in [2.45, 2.75) is 18.1 Å². The van der Waals surface area contributed by atoms with Crippen LogP contribution in [0, 0.1) is 0 Å². The molecule has 1 unspecified atom stereocenters. The minimum atomic E-state index is -4.43. The molecule has 0 aliphatic carbocycles. The minimum absolute atomic E-state index is 0.0643. The Kier molecular flexibility index (Phi) is 5.58. The van der Waals surface area contributed by atoms with Crippen molar-refractivity contribution in [2.75, 3.05) is 18.6 Å². The van der Waals surface area contributed by atoms with Crippen LogP contribution < -0.4 is 0 Å². The lowest BCUT2D eigenvalue weighted by Gasteiger charge is -2.26. The van der Waals surface area contributed by atoms with Gasteiger partial charge in [0, 0.05) is 11.7 Å². The Morgan fingerprint density at radius 2 is 2.09 bits per heavy atom. The number of carboxylic acid groups (broad SMARTS) is 1. The molecule has 5 nitrogen and oxygen atoms in total. The van der Waals surface area contributed by atoms with Gasteiger partial charge in [-0.05, 0) is 24.0 Å². The van der Waals surface area contributed by atoms with Gasteiger partial charge in [0.05, 0.1) is 18.2 Å². The molecule has 1 saturated heterocycles. The van der Waals surface area contributed by atoms with Gasteiger partial charge in [-0.25, -0.2) is 9.00 Å². The van der Waals surface area contributed by atoms with E-state index in [4.69, 9.17) is 9.29 Å². The van der Waals surface area contributed by atoms with Crippen LogP contribution in [-0.4, -0.2) is 44.4 Å². The van der Waals surface area contributed by atoms with Gasteiger partial charge in [0.15, 0.2) is 0 Å². The smallest absolute Gasteiger partial charge is 0.421 e. The van der Waals surface area contributed by atoms with Gasteiger partial charge in [-0.15, -0.1) is 0 Å². The third-order valence-electron chi connectivity index (χ3n) is 3.47. The molecule has 1 N–H and O–H groups in total. The zero-order chi connectivity index (χ0) is 17.2. The van der Waals surface area contributed by atoms with Gasteiger partial charge in [-0.1, -0.05) is 12.1 Å². The number of alkyl halides is 3. The van der Waals surface area contributed by atoms with Gasteiger partial charge < -0.3 is 5.11 Å². The highest BCUT2D eigenvalue weighted by atomic mass is 32.2. The average molecular weight is 369 g/mol. The van der Waals surface area contributed by atoms with Crippen LogP contribution in [0.3, 0.4) is 0 Å². The number of hydrogen-bond donors (Lipinski definition) is 1. The molecule has 1 heterocycles. The normalized spacial score (nSPS) is 23.0. The molecule has 2 rings (SSSR count). The van der Waals surface area contributed by atoms with Gasteiger partial charge in [0.1, 0.15) is 0 Å². The Morgan fingerprint density at radius 3 is 2.57 bits per heavy atom. The maximum absolute atomic E-state index is 12.6. The first-order valence-electron chi connectivity index (χ1n) is 6.49. The molecule has 128 valence electrons. The third-order valence-corrected chi connectivity index (χ3v) is 5.25. The first-order valence-corrected chi connectivity index (χ1v) is 8.91. The Bertz CT molecular complexity index is 594. The predicted octanol–water partition coefficient (Wildman–Crippen LogP) is 3.11. The van der Waals surface area contributed by atoms with E-state index in [1.807, 2.05) is 0 Å². The molecule has 1 aliphatic heterocycles. The second kappa shape index (κ2) is 7.10. The van der Waals surface area contributed by atoms with E-state index in [0.29, 0.717) is 15.6 Å². The topological polar surface area (TPSA) is 66.8 Å². The van der Waals surface area contributed by atoms with E-state index >= 15 is 0 Å². The highest BCUT2D eigenvalue weighted by molar-refractivity contribution is 7.98. The number of amides is 1. The second-order valence-corrected chi connectivity index (χ2v) is 6.83. The number of thioether (sulfide) groups is 1. The van der Waals surface area contributed by atoms with Crippen LogP contribution in [0.25, 0.3) is 0 Å². The van der Waals surface area contributed by atoms with E-state index in [1.54, 1.807) is 6.26 Å². The van der Waals surface area contributed by atoms with Crippen LogP contribution in [-0.2, 0) is 21.6 Å². The van der Waals surface area contributed by atoms with Crippen molar-refractivity contribution in [3.63, 3.8) is 0 Å². The summed E-state index contributed by atoms with van der Waals surface area (Å²) in [6.07, 6.45) is -4.02. The number of benzene rings is 1. The molecule has 1 aliphatic rings. The van der Waals surface area contributed by atoms with Gasteiger partial charge in [0.2, 0.25) is 0 Å². The average Bonchev–Trinajstić information content (AvgIpc) is 2.85. The molecule has 0 spiro atoms. The fourth-order valence-corrected chi connectivity index (χ4v) is 4.08. The highest BCUT2D eigenvalue weighted by Gasteiger charge is 2.42. The van der Waals surface area contributed by atoms with Crippen LogP contribution in [0.5, 0.6) is 0 Å². The van der Waals surface area contributed by atoms with Gasteiger partial charge >= 0.3 is 12.3 Å². The molecule has 3 atom stereocenters. The quantitative estimate of drug-likeness (QED) is 0.883. The summed E-state index contributed by atoms with van der Waals surface area (Å²) in [7, 11) is 0. The summed E-state index contributed by atoms with van der Waals surface area (Å²) >= 11 is -0.673. The summed E-state index contributed by atoms with van der Waals surface area (Å²) in [6.45, 7) is -0.0643. The summed E-state index contributed by atoms with van der Waals surface area (Å²) in [6, 6.07) is 3.86. The molecular formula is C13H14F3NO4S2. The van der Waals surface area contributed by atoms with E-state index in [2.05, 4.69) is 0 Å². The largest absolute Gasteiger partial charge is 0.464 e. The summed E-state index contributed by atoms with van der Waals surface area (Å²) in [5, 5.41) is 9.17. The van der Waals surface area contributed by atoms with E-state index in [0.717, 1.165) is 12.1 Å². The maximum atomic E-state index is 12.6. The van der Waals surface area contributed by atoms with E-state index in [9.17, 15) is 22.2 Å². The monoisotopic (exact) mass is 369 g/mol. The molecule has 0 bridgehead atoms. The molecule has 1 fully saturated rings. The fourth-order valence-electron chi connectivity index (χ4n) is 2.38. The predicted molar refractivity (Wildman–Crippen MR) is 80.3 cm³/mol. The first kappa shape index (κ1) is 18.1. The van der Waals surface area contributed by atoms with Crippen LogP contribution >= 0.6 is 11.8 Å². The van der Waals surface area contributed by atoms with Crippen LogP contribution in [0.4, 0.5) is 18.0 Å². The van der Waals surface area contributed by atoms with Crippen LogP contribution in [0.1, 0.15) is 17.0 Å². The Labute approximate surface area is 137 Å². The fraction of sp³-hybridized carbons (Fsp3) is 0.462. The van der Waals surface area contributed by atoms with Crippen molar-refractivity contribution in [3.8, 4) is 0 Å². The zero-order valence-electron chi connectivity index (χ0n) is 11.9. The van der Waals surface area contributed by atoms with Crippen LogP contribution in [0.2, 0.25) is 0 Å². The van der Waals surface area contributed by atoms with E-state index < -0.39 is 41.1 Å². The minimum Gasteiger partial charge on any atom is -0.464 e. The van der Waals surface area contributed by atoms with E-state index in [-0.39, 0.29) is 6.61 Å². The molecule has 1 amide bonds. The molecule has 1 aromatic rings. The SMILES string of the molecule is CSC[C@@H](c1ccc(C(F)(F)F)cc1)[C@H]1COS(=O)N1C(=O)O. The lowest BCUT2D eigenvalue weighted by atomic mass is 9.92. The number of hydrogen-bond acceptors (Lipinski definition) is 4. The number of carbonyl (C=O) groups is 1. The first-order chi connectivity index (χ1) is 10.8. The van der Waals surface area contributed by atoms with Crippen molar-refractivity contribution in [1.29, 1.82) is 0 Å². The molecule has 1 aromatic carbocycles. The Balaban J connectivity index is 2.31. The van der Waals surface area contributed by atoms with Crippen molar-refractivity contribution in [3.05, 3.63) is 35.4 Å². The lowest BCUT2D eigenvalue weighted by Crippen LogP contribution is -2.40. The molecule has 0 radical (unpaired) electrons. The van der Waals surface area contributed by atoms with Gasteiger partial charge in [-0.3, -0.25) is 4.18 Å². The molecule has 23 heavy (non-hydrogen) atoms. The third kappa shape index (κ3) is 3.99. The Hall–Kier alpha value is -1.26. The summed E-state index contributed by atoms with van der Waals surface area (Å²) in [5.74, 6) is 0.0373. The molecular weight excluding hydrogens is 355 g/mol. The lowest BCUT2D eigenvalue weighted by molar-refractivity contribution is -0.137. The maximum Gasteiger partial charge on any atom is 0.421 e. The van der Waals surface area contributed by atoms with Crippen molar-refractivity contribution in [2.24, 2.45) is 0 Å². The molecule has 10 heteroatoms. The summed E-state index contributed by atoms with van der Waals surface area (Å²) < 4.78 is 55.1. The van der Waals surface area contributed by atoms with Crippen molar-refractivity contribution >= 4 is 29.1 Å². The highest BCUT2D eigenvalue weighted by Crippen LogP contribution is 2.34. The standard InChI is InChI=1S/C13H14F3NO4S2/c1-22-7-10(11-6-21-23(20)17(11)12(18)19)8-2-4-9(5-3-8)13(14,15)16/h2-5,10-11H,6-7H2,1H3,(H,18,19)/t10-,11+,23?/m0/s1. The number of nitrogens with zero attached hydrogens (tertiary/aromatic N) is 1. The van der Waals surface area contributed by atoms with Gasteiger partial charge in [-0.2, -0.15) is 29.2 Å². The van der Waals surface area contributed by atoms with Crippen molar-refractivity contribution in [1.82, 2.24) is 4.31 Å².